The van der Waals surface area contributed by atoms with E-state index in [1.807, 2.05) is 5.92 Å². The number of nitrogens with zero attached hydrogens (tertiary/aromatic N) is 3. The van der Waals surface area contributed by atoms with Gasteiger partial charge in [-0.1, -0.05) is 37.0 Å². The summed E-state index contributed by atoms with van der Waals surface area (Å²) in [5.74, 6) is 2.56. The van der Waals surface area contributed by atoms with E-state index in [0.29, 0.717) is 0 Å². The molecule has 42 heavy (non-hydrogen) atoms. The fraction of sp³-hybridized carbons (Fsp3) is 0.481. The van der Waals surface area contributed by atoms with Crippen LogP contribution in [-0.2, 0) is 23.4 Å². The Morgan fingerprint density at radius 2 is 2.07 bits per heavy atom. The first-order valence-corrected chi connectivity index (χ1v) is 14.6. The third-order valence-corrected chi connectivity index (χ3v) is 7.96. The highest BCUT2D eigenvalue weighted by atomic mass is 31.2. The van der Waals surface area contributed by atoms with Gasteiger partial charge in [0.2, 0.25) is 0 Å². The van der Waals surface area contributed by atoms with Crippen molar-refractivity contribution in [2.45, 2.75) is 57.8 Å². The van der Waals surface area contributed by atoms with Crippen molar-refractivity contribution in [3.05, 3.63) is 52.8 Å². The van der Waals surface area contributed by atoms with Crippen molar-refractivity contribution in [2.75, 3.05) is 19.4 Å². The van der Waals surface area contributed by atoms with E-state index in [2.05, 4.69) is 20.9 Å². The van der Waals surface area contributed by atoms with Gasteiger partial charge in [0, 0.05) is 0 Å². The average Bonchev–Trinajstić information content (AvgIpc) is 3.46. The van der Waals surface area contributed by atoms with Gasteiger partial charge in [0.25, 0.3) is 5.56 Å². The quantitative estimate of drug-likeness (QED) is 0.175. The minimum absolute atomic E-state index is 0.0312. The second kappa shape index (κ2) is 12.7. The molecular formula is C27H32FN4O9P. The molecule has 1 aromatic carbocycles. The van der Waals surface area contributed by atoms with Crippen LogP contribution >= 0.6 is 7.60 Å². The summed E-state index contributed by atoms with van der Waals surface area (Å²) in [5.41, 5.74) is -3.60. The number of hydrogen-bond donors (Lipinski definition) is 3. The molecule has 6 atom stereocenters. The molecule has 1 fully saturated rings. The van der Waals surface area contributed by atoms with E-state index in [9.17, 15) is 28.8 Å². The van der Waals surface area contributed by atoms with Crippen LogP contribution in [0, 0.1) is 24.7 Å². The highest BCUT2D eigenvalue weighted by Crippen LogP contribution is 2.51. The summed E-state index contributed by atoms with van der Waals surface area (Å²) in [6, 6.07) is 7.67. The van der Waals surface area contributed by atoms with E-state index < -0.39 is 74.6 Å². The number of esters is 1. The molecule has 1 aliphatic heterocycles. The standard InChI is InChI=1S/C27H32FN4O9P/c1-16(2)39-25(35)17(3)14-42(37,41-19-9-6-5-7-10-19)38-13-20-22(33)27(36,11-8-12-28)26(40-20)32-15-29-21-23(32)30-18(4)31-24(21)34/h5-7,9-10,15-17,20,22,26,33,36H,12-14H2,1-4H3,(H,30,31,34)/t17-,20-,22+,26-,27?,42+/m1/s1/i13D2. The number of aromatic nitrogens is 4. The first-order valence-electron chi connectivity index (χ1n) is 13.9. The van der Waals surface area contributed by atoms with Gasteiger partial charge >= 0.3 is 13.6 Å². The Labute approximate surface area is 243 Å². The number of benzene rings is 1. The molecule has 0 radical (unpaired) electrons. The number of imidazole rings is 1. The predicted molar refractivity (Wildman–Crippen MR) is 147 cm³/mol. The summed E-state index contributed by atoms with van der Waals surface area (Å²) in [6.45, 7) is 1.70. The number of hydrogen-bond acceptors (Lipinski definition) is 11. The summed E-state index contributed by atoms with van der Waals surface area (Å²) >= 11 is 0. The minimum atomic E-state index is -4.61. The second-order valence-corrected chi connectivity index (χ2v) is 11.8. The zero-order valence-corrected chi connectivity index (χ0v) is 24.1. The normalized spacial score (nSPS) is 25.2. The molecule has 3 aromatic rings. The molecule has 0 amide bonds. The summed E-state index contributed by atoms with van der Waals surface area (Å²) in [5, 5.41) is 22.8. The van der Waals surface area contributed by atoms with Crippen LogP contribution in [0.4, 0.5) is 4.39 Å². The number of aromatic amines is 1. The van der Waals surface area contributed by atoms with E-state index in [1.165, 1.54) is 26.0 Å². The van der Waals surface area contributed by atoms with Crippen LogP contribution in [0.15, 0.2) is 41.5 Å². The van der Waals surface area contributed by atoms with Crippen molar-refractivity contribution in [1.82, 2.24) is 19.5 Å². The number of nitrogens with one attached hydrogen (secondary N) is 1. The maximum absolute atomic E-state index is 14.1. The van der Waals surface area contributed by atoms with Gasteiger partial charge in [0.15, 0.2) is 23.0 Å². The van der Waals surface area contributed by atoms with Crippen LogP contribution in [-0.4, -0.2) is 79.0 Å². The molecule has 2 aromatic heterocycles. The van der Waals surface area contributed by atoms with Crippen LogP contribution in [0.2, 0.25) is 0 Å². The molecule has 1 saturated heterocycles. The van der Waals surface area contributed by atoms with E-state index in [0.717, 1.165) is 10.9 Å². The second-order valence-electron chi connectivity index (χ2n) is 9.88. The fourth-order valence-electron chi connectivity index (χ4n) is 4.21. The van der Waals surface area contributed by atoms with Crippen LogP contribution in [0.25, 0.3) is 11.2 Å². The first kappa shape index (κ1) is 28.5. The summed E-state index contributed by atoms with van der Waals surface area (Å²) in [7, 11) is -4.61. The lowest BCUT2D eigenvalue weighted by molar-refractivity contribution is -0.151. The maximum atomic E-state index is 14.1. The highest BCUT2D eigenvalue weighted by Gasteiger charge is 2.56. The lowest BCUT2D eigenvalue weighted by atomic mass is 9.94. The van der Waals surface area contributed by atoms with Crippen molar-refractivity contribution in [1.29, 1.82) is 0 Å². The molecule has 15 heteroatoms. The average molecular weight is 609 g/mol. The third kappa shape index (κ3) is 6.72. The van der Waals surface area contributed by atoms with Gasteiger partial charge in [-0.25, -0.2) is 18.9 Å². The topological polar surface area (TPSA) is 175 Å². The van der Waals surface area contributed by atoms with Gasteiger partial charge in [-0.05, 0) is 32.9 Å². The highest BCUT2D eigenvalue weighted by molar-refractivity contribution is 7.54. The lowest BCUT2D eigenvalue weighted by Crippen LogP contribution is -2.46. The van der Waals surface area contributed by atoms with Gasteiger partial charge in [0.05, 0.1) is 33.8 Å². The van der Waals surface area contributed by atoms with Gasteiger partial charge in [-0.3, -0.25) is 18.7 Å². The van der Waals surface area contributed by atoms with Crippen molar-refractivity contribution in [3.63, 3.8) is 0 Å². The number of rotatable bonds is 10. The van der Waals surface area contributed by atoms with Crippen molar-refractivity contribution in [2.24, 2.45) is 5.92 Å². The number of fused-ring (bicyclic) bond motifs is 1. The zero-order chi connectivity index (χ0) is 32.4. The fourth-order valence-corrected chi connectivity index (χ4v) is 5.92. The Morgan fingerprint density at radius 3 is 2.74 bits per heavy atom. The number of ether oxygens (including phenoxy) is 2. The Kier molecular flexibility index (Phi) is 8.64. The Balaban J connectivity index is 1.73. The number of alkyl halides is 1. The molecule has 1 unspecified atom stereocenters. The molecular weight excluding hydrogens is 574 g/mol. The maximum Gasteiger partial charge on any atom is 0.380 e. The minimum Gasteiger partial charge on any atom is -0.463 e. The first-order chi connectivity index (χ1) is 20.6. The molecule has 226 valence electrons. The Bertz CT molecular complexity index is 1680. The Morgan fingerprint density at radius 1 is 1.36 bits per heavy atom. The van der Waals surface area contributed by atoms with Gasteiger partial charge < -0.3 is 29.2 Å². The molecule has 13 nitrogen and oxygen atoms in total. The monoisotopic (exact) mass is 608 g/mol. The number of carbonyl (C=O) groups excluding carboxylic acids is 1. The molecule has 3 N–H and O–H groups in total. The van der Waals surface area contributed by atoms with E-state index >= 15 is 0 Å². The molecule has 0 saturated carbocycles. The van der Waals surface area contributed by atoms with Gasteiger partial charge in [-0.2, -0.15) is 0 Å². The predicted octanol–water partition coefficient (Wildman–Crippen LogP) is 2.27. The van der Waals surface area contributed by atoms with E-state index in [4.69, 9.17) is 21.3 Å². The Hall–Kier alpha value is -3.60. The number of para-hydroxylation sites is 1. The van der Waals surface area contributed by atoms with Crippen molar-refractivity contribution >= 4 is 24.7 Å². The van der Waals surface area contributed by atoms with Crippen molar-refractivity contribution < 1.29 is 45.2 Å². The largest absolute Gasteiger partial charge is 0.463 e. The number of carbonyl (C=O) groups is 1. The van der Waals surface area contributed by atoms with Crippen LogP contribution < -0.4 is 10.1 Å². The van der Waals surface area contributed by atoms with Crippen LogP contribution in [0.1, 0.15) is 35.6 Å². The van der Waals surface area contributed by atoms with Gasteiger partial charge in [-0.15, -0.1) is 0 Å². The molecule has 0 aliphatic carbocycles. The summed E-state index contributed by atoms with van der Waals surface area (Å²) < 4.78 is 67.7. The number of aryl methyl sites for hydroxylation is 1. The van der Waals surface area contributed by atoms with Crippen LogP contribution in [0.5, 0.6) is 5.75 Å². The third-order valence-electron chi connectivity index (χ3n) is 6.10. The molecule has 0 spiro atoms. The summed E-state index contributed by atoms with van der Waals surface area (Å²) in [6.07, 6.45) is -6.23. The molecule has 3 heterocycles. The smallest absolute Gasteiger partial charge is 0.380 e. The number of halogens is 1. The van der Waals surface area contributed by atoms with E-state index in [1.54, 1.807) is 32.0 Å². The number of aliphatic hydroxyl groups excluding tert-OH is 1. The number of aliphatic hydroxyl groups is 2. The lowest BCUT2D eigenvalue weighted by Gasteiger charge is -2.26. The SMILES string of the molecule is [2H]C([2H])(O[P@@](=O)(C[C@@H](C)C(=O)OC(C)C)Oc1ccccc1)[C@H]1O[C@@H](n2cnc3c(=O)[nH]c(C)nc32)C(O)(C#CCF)[C@H]1O. The molecule has 1 aliphatic rings. The van der Waals surface area contributed by atoms with Gasteiger partial charge in [0.1, 0.15) is 30.5 Å². The summed E-state index contributed by atoms with van der Waals surface area (Å²) in [4.78, 5) is 35.6. The van der Waals surface area contributed by atoms with Crippen LogP contribution in [0.3, 0.4) is 0 Å². The number of H-pyrrole nitrogens is 1. The molecule has 0 bridgehead atoms. The molecule has 4 rings (SSSR count). The van der Waals surface area contributed by atoms with Crippen molar-refractivity contribution in [3.8, 4) is 17.6 Å². The van der Waals surface area contributed by atoms with E-state index in [-0.39, 0.29) is 22.7 Å². The zero-order valence-electron chi connectivity index (χ0n) is 25.2.